The molecular formula is C25H37IO5. The Labute approximate surface area is 200 Å². The maximum atomic E-state index is 12.5. The molecule has 2 saturated heterocycles. The monoisotopic (exact) mass is 544 g/mol. The van der Waals surface area contributed by atoms with Gasteiger partial charge in [-0.1, -0.05) is 48.6 Å². The maximum Gasteiger partial charge on any atom is 0.309 e. The number of hydrogen-bond donors (Lipinski definition) is 0. The lowest BCUT2D eigenvalue weighted by Crippen LogP contribution is -2.39. The number of esters is 1. The molecule has 0 unspecified atom stereocenters. The SMILES string of the molecule is C=C[C@@H](C)C[C@@H]1CCC[C@H](C[C@@H]2CC(=O)C[C@H](CC(=O)O[C@H](/C=C/I)[C@H](C)C=C)O2)O1. The Morgan fingerprint density at radius 3 is 2.48 bits per heavy atom. The largest absolute Gasteiger partial charge is 0.457 e. The van der Waals surface area contributed by atoms with Gasteiger partial charge in [-0.3, -0.25) is 9.59 Å². The molecule has 7 atom stereocenters. The van der Waals surface area contributed by atoms with Crippen LogP contribution in [0.5, 0.6) is 0 Å². The zero-order chi connectivity index (χ0) is 22.8. The van der Waals surface area contributed by atoms with E-state index in [4.69, 9.17) is 14.2 Å². The molecule has 0 aromatic rings. The van der Waals surface area contributed by atoms with Crippen LogP contribution in [0.4, 0.5) is 0 Å². The summed E-state index contributed by atoms with van der Waals surface area (Å²) in [6.45, 7) is 11.7. The van der Waals surface area contributed by atoms with E-state index in [1.54, 1.807) is 6.08 Å². The molecule has 0 aliphatic carbocycles. The Hall–Kier alpha value is -0.990. The fraction of sp³-hybridized carbons (Fsp3) is 0.680. The summed E-state index contributed by atoms with van der Waals surface area (Å²) < 4.78 is 19.9. The first-order chi connectivity index (χ1) is 14.8. The highest BCUT2D eigenvalue weighted by molar-refractivity contribution is 14.1. The Morgan fingerprint density at radius 2 is 1.81 bits per heavy atom. The number of ketones is 1. The number of Topliss-reactive ketones (excluding diaryl/α,β-unsaturated/α-hetero) is 1. The second-order valence-electron chi connectivity index (χ2n) is 8.89. The molecule has 2 aliphatic rings. The van der Waals surface area contributed by atoms with Gasteiger partial charge < -0.3 is 14.2 Å². The molecule has 0 bridgehead atoms. The molecule has 0 aromatic heterocycles. The first-order valence-electron chi connectivity index (χ1n) is 11.4. The molecule has 2 heterocycles. The molecule has 2 aliphatic heterocycles. The molecule has 6 heteroatoms. The van der Waals surface area contributed by atoms with Crippen LogP contribution >= 0.6 is 22.6 Å². The number of hydrogen-bond acceptors (Lipinski definition) is 5. The average Bonchev–Trinajstić information content (AvgIpc) is 2.72. The highest BCUT2D eigenvalue weighted by Gasteiger charge is 2.33. The van der Waals surface area contributed by atoms with Gasteiger partial charge in [-0.25, -0.2) is 0 Å². The van der Waals surface area contributed by atoms with Crippen molar-refractivity contribution in [1.82, 2.24) is 0 Å². The van der Waals surface area contributed by atoms with Gasteiger partial charge in [-0.15, -0.1) is 13.2 Å². The van der Waals surface area contributed by atoms with Gasteiger partial charge in [-0.2, -0.15) is 0 Å². The molecule has 0 spiro atoms. The van der Waals surface area contributed by atoms with E-state index in [1.165, 1.54) is 0 Å². The van der Waals surface area contributed by atoms with E-state index in [0.717, 1.165) is 25.7 Å². The van der Waals surface area contributed by atoms with E-state index in [-0.39, 0.29) is 54.9 Å². The average molecular weight is 544 g/mol. The van der Waals surface area contributed by atoms with Crippen molar-refractivity contribution in [3.05, 3.63) is 35.5 Å². The van der Waals surface area contributed by atoms with Crippen molar-refractivity contribution in [3.8, 4) is 0 Å². The van der Waals surface area contributed by atoms with Crippen molar-refractivity contribution in [2.75, 3.05) is 0 Å². The molecular weight excluding hydrogens is 507 g/mol. The van der Waals surface area contributed by atoms with Crippen LogP contribution in [-0.4, -0.2) is 42.3 Å². The minimum atomic E-state index is -0.429. The van der Waals surface area contributed by atoms with Crippen LogP contribution in [0.2, 0.25) is 0 Å². The fourth-order valence-electron chi connectivity index (χ4n) is 4.26. The van der Waals surface area contributed by atoms with E-state index in [9.17, 15) is 9.59 Å². The molecule has 2 rings (SSSR count). The predicted molar refractivity (Wildman–Crippen MR) is 131 cm³/mol. The summed E-state index contributed by atoms with van der Waals surface area (Å²) in [5, 5.41) is 0. The number of allylic oxidation sites excluding steroid dienone is 1. The third-order valence-corrected chi connectivity index (χ3v) is 6.53. The number of rotatable bonds is 11. The Bertz CT molecular complexity index is 646. The zero-order valence-corrected chi connectivity index (χ0v) is 21.0. The fourth-order valence-corrected chi connectivity index (χ4v) is 4.67. The molecule has 0 saturated carbocycles. The molecule has 2 fully saturated rings. The Kier molecular flexibility index (Phi) is 11.5. The summed E-state index contributed by atoms with van der Waals surface area (Å²) in [7, 11) is 0. The van der Waals surface area contributed by atoms with Gasteiger partial charge in [0.15, 0.2) is 0 Å². The van der Waals surface area contributed by atoms with Crippen molar-refractivity contribution in [3.63, 3.8) is 0 Å². The predicted octanol–water partition coefficient (Wildman–Crippen LogP) is 5.72. The minimum absolute atomic E-state index is 0.0109. The Balaban J connectivity index is 1.86. The topological polar surface area (TPSA) is 61.8 Å². The van der Waals surface area contributed by atoms with Gasteiger partial charge >= 0.3 is 5.97 Å². The lowest BCUT2D eigenvalue weighted by Gasteiger charge is -2.35. The minimum Gasteiger partial charge on any atom is -0.457 e. The van der Waals surface area contributed by atoms with E-state index in [1.807, 2.05) is 23.2 Å². The third kappa shape index (κ3) is 9.18. The third-order valence-electron chi connectivity index (χ3n) is 6.11. The van der Waals surface area contributed by atoms with E-state index < -0.39 is 6.10 Å². The maximum absolute atomic E-state index is 12.5. The summed E-state index contributed by atoms with van der Waals surface area (Å²) in [5.41, 5.74) is 0. The highest BCUT2D eigenvalue weighted by Crippen LogP contribution is 2.30. The summed E-state index contributed by atoms with van der Waals surface area (Å²) >= 11 is 2.10. The van der Waals surface area contributed by atoms with Crippen LogP contribution in [-0.2, 0) is 23.8 Å². The number of carbonyl (C=O) groups is 2. The highest BCUT2D eigenvalue weighted by atomic mass is 127. The summed E-state index contributed by atoms with van der Waals surface area (Å²) in [4.78, 5) is 24.8. The summed E-state index contributed by atoms with van der Waals surface area (Å²) in [6, 6.07) is 0. The van der Waals surface area contributed by atoms with Crippen molar-refractivity contribution in [2.24, 2.45) is 11.8 Å². The van der Waals surface area contributed by atoms with Gasteiger partial charge in [0.25, 0.3) is 0 Å². The van der Waals surface area contributed by atoms with E-state index in [0.29, 0.717) is 18.8 Å². The van der Waals surface area contributed by atoms with Crippen LogP contribution in [0.15, 0.2) is 35.5 Å². The van der Waals surface area contributed by atoms with Crippen LogP contribution in [0, 0.1) is 11.8 Å². The van der Waals surface area contributed by atoms with Crippen molar-refractivity contribution in [2.45, 2.75) is 95.7 Å². The van der Waals surface area contributed by atoms with Gasteiger partial charge in [0.05, 0.1) is 30.8 Å². The van der Waals surface area contributed by atoms with Gasteiger partial charge in [0.2, 0.25) is 0 Å². The van der Waals surface area contributed by atoms with Crippen molar-refractivity contribution >= 4 is 34.3 Å². The van der Waals surface area contributed by atoms with Crippen LogP contribution < -0.4 is 0 Å². The lowest BCUT2D eigenvalue weighted by atomic mass is 9.92. The Morgan fingerprint density at radius 1 is 1.13 bits per heavy atom. The molecule has 5 nitrogen and oxygen atoms in total. The number of carbonyl (C=O) groups excluding carboxylic acids is 2. The molecule has 0 N–H and O–H groups in total. The molecule has 31 heavy (non-hydrogen) atoms. The van der Waals surface area contributed by atoms with E-state index in [2.05, 4.69) is 42.7 Å². The smallest absolute Gasteiger partial charge is 0.309 e. The molecule has 0 radical (unpaired) electrons. The quantitative estimate of drug-likeness (QED) is 0.189. The molecule has 0 aromatic carbocycles. The van der Waals surface area contributed by atoms with Crippen LogP contribution in [0.25, 0.3) is 0 Å². The number of ether oxygens (including phenoxy) is 3. The standard InChI is InChI=1S/C25H37IO5/c1-5-17(3)12-20-8-7-9-21(29-20)15-22-13-19(27)14-23(30-22)16-25(28)31-24(10-11-26)18(4)6-2/h5-6,10-11,17-18,20-24H,1-2,7-9,12-16H2,3-4H3/b11-10+/t17-,18-,20+,21-,22+,23-,24-/m1/s1. The van der Waals surface area contributed by atoms with Crippen molar-refractivity contribution < 1.29 is 23.8 Å². The zero-order valence-electron chi connectivity index (χ0n) is 18.8. The first kappa shape index (κ1) is 26.3. The van der Waals surface area contributed by atoms with Gasteiger partial charge in [0.1, 0.15) is 11.9 Å². The van der Waals surface area contributed by atoms with Crippen LogP contribution in [0.3, 0.4) is 0 Å². The lowest BCUT2D eigenvalue weighted by molar-refractivity contribution is -0.158. The van der Waals surface area contributed by atoms with Crippen LogP contribution in [0.1, 0.15) is 65.2 Å². The molecule has 0 amide bonds. The summed E-state index contributed by atoms with van der Waals surface area (Å²) in [5.74, 6) is 0.238. The normalized spacial score (nSPS) is 29.8. The second-order valence-corrected chi connectivity index (χ2v) is 9.61. The van der Waals surface area contributed by atoms with Gasteiger partial charge in [-0.05, 0) is 41.8 Å². The first-order valence-corrected chi connectivity index (χ1v) is 12.6. The van der Waals surface area contributed by atoms with E-state index >= 15 is 0 Å². The van der Waals surface area contributed by atoms with Crippen molar-refractivity contribution in [1.29, 1.82) is 0 Å². The van der Waals surface area contributed by atoms with Gasteiger partial charge in [0, 0.05) is 25.2 Å². The number of halogens is 1. The molecule has 174 valence electrons. The second kappa shape index (κ2) is 13.5. The summed E-state index contributed by atoms with van der Waals surface area (Å²) in [6.07, 6.45) is 10.5.